The molecule has 9 aromatic rings. The third-order valence-corrected chi connectivity index (χ3v) is 12.1. The number of halogens is 3. The van der Waals surface area contributed by atoms with E-state index in [-0.39, 0.29) is 63.4 Å². The van der Waals surface area contributed by atoms with Crippen molar-refractivity contribution in [1.82, 2.24) is 38.2 Å². The van der Waals surface area contributed by atoms with E-state index in [1.807, 2.05) is 83.1 Å². The first-order valence-corrected chi connectivity index (χ1v) is 25.8. The molecule has 0 radical (unpaired) electrons. The molecule has 4 N–H and O–H groups in total. The number of aromatic nitrogens is 8. The average Bonchev–Trinajstić information content (AvgIpc) is 3.87. The molecule has 23 nitrogen and oxygen atoms in total. The molecule has 0 aliphatic heterocycles. The van der Waals surface area contributed by atoms with Crippen LogP contribution < -0.4 is 26.6 Å². The van der Waals surface area contributed by atoms with Gasteiger partial charge in [0.05, 0.1) is 56.7 Å². The van der Waals surface area contributed by atoms with Crippen LogP contribution >= 0.6 is 11.6 Å². The number of hydrogen-bond donors (Lipinski definition) is 3. The second-order valence-electron chi connectivity index (χ2n) is 17.9. The Bertz CT molecular complexity index is 3900. The minimum atomic E-state index is -4.02. The van der Waals surface area contributed by atoms with Crippen molar-refractivity contribution in [3.05, 3.63) is 197 Å². The summed E-state index contributed by atoms with van der Waals surface area (Å²) in [6.07, 6.45) is 2.93. The molecule has 4 aromatic heterocycles. The van der Waals surface area contributed by atoms with Crippen LogP contribution in [0.5, 0.6) is 11.5 Å². The lowest BCUT2D eigenvalue weighted by Gasteiger charge is -2.09. The summed E-state index contributed by atoms with van der Waals surface area (Å²) in [6.45, 7) is 13.1. The van der Waals surface area contributed by atoms with Gasteiger partial charge in [0.15, 0.2) is 0 Å². The molecule has 0 aliphatic carbocycles. The van der Waals surface area contributed by atoms with Gasteiger partial charge in [0, 0.05) is 72.9 Å². The SMILES string of the molecule is CC(C)O.CC(C)n1c(=O)n(-c2ccnc(Cl)n2)c2ccccc21.COc1cc(F)c([N+](=O)[O-])cc1Cc1nccc(-n2c(=O)n(C(C)C)c3ccccc32)n1.COc1cc(F)c([N+](=O)[O-])cc1N.Cc1ccc(S(=O)(=O)O)cc1. The topological polar surface area (TPSA) is 311 Å². The van der Waals surface area contributed by atoms with Gasteiger partial charge < -0.3 is 20.3 Å². The van der Waals surface area contributed by atoms with Crippen LogP contribution in [-0.2, 0) is 16.5 Å². The van der Waals surface area contributed by atoms with E-state index in [0.29, 0.717) is 28.5 Å². The van der Waals surface area contributed by atoms with Gasteiger partial charge in [0.25, 0.3) is 10.1 Å². The molecule has 0 spiro atoms. The van der Waals surface area contributed by atoms with Gasteiger partial charge in [-0.3, -0.25) is 33.9 Å². The van der Waals surface area contributed by atoms with E-state index in [1.54, 1.807) is 58.0 Å². The molecule has 27 heteroatoms. The van der Waals surface area contributed by atoms with Gasteiger partial charge in [-0.05, 0) is 103 Å². The van der Waals surface area contributed by atoms with Gasteiger partial charge in [-0.1, -0.05) is 42.0 Å². The molecule has 422 valence electrons. The molecule has 0 fully saturated rings. The first kappa shape index (κ1) is 61.9. The Balaban J connectivity index is 0.000000208. The van der Waals surface area contributed by atoms with Crippen molar-refractivity contribution in [3.63, 3.8) is 0 Å². The number of rotatable bonds is 11. The second kappa shape index (κ2) is 27.1. The van der Waals surface area contributed by atoms with Crippen LogP contribution in [0.4, 0.5) is 25.8 Å². The largest absolute Gasteiger partial charge is 0.496 e. The first-order chi connectivity index (χ1) is 37.7. The highest BCUT2D eigenvalue weighted by Crippen LogP contribution is 2.31. The fourth-order valence-corrected chi connectivity index (χ4v) is 8.27. The number of hydrogen-bond acceptors (Lipinski definition) is 16. The summed E-state index contributed by atoms with van der Waals surface area (Å²) in [5.74, 6) is -0.570. The van der Waals surface area contributed by atoms with Crippen LogP contribution in [-0.4, -0.2) is 86.5 Å². The number of aliphatic hydroxyl groups is 1. The molecule has 80 heavy (non-hydrogen) atoms. The smallest absolute Gasteiger partial charge is 0.335 e. The Labute approximate surface area is 461 Å². The Morgan fingerprint density at radius 3 is 1.52 bits per heavy atom. The number of imidazole rings is 2. The number of nitro groups is 2. The van der Waals surface area contributed by atoms with E-state index in [4.69, 9.17) is 31.7 Å². The van der Waals surface area contributed by atoms with Crippen molar-refractivity contribution in [2.75, 3.05) is 20.0 Å². The van der Waals surface area contributed by atoms with Crippen LogP contribution in [0.3, 0.4) is 0 Å². The average molecular weight is 1140 g/mol. The lowest BCUT2D eigenvalue weighted by Crippen LogP contribution is -2.25. The quantitative estimate of drug-likeness (QED) is 0.0357. The normalized spacial score (nSPS) is 11.0. The standard InChI is InChI=1S/C22H20FN5O4.C14H13ClN4O.C7H7FN2O3.C7H8O3S.C3H8O/c1-13(2)26-16-6-4-5-7-17(16)27(22(26)29)21-8-9-24-20(25-21)11-14-10-18(28(30)31)15(23)12-19(14)32-3;1-9(2)18-10-5-3-4-6-11(10)19(14(18)20)12-7-8-16-13(15)17-12;1-13-7-2-4(8)6(10(11)12)3-5(7)9;1-6-2-4-7(5-3-6)11(8,9)10;1-3(2)4/h4-10,12-13H,11H2,1-3H3;3-9H,1-2H3;2-3H,9H2,1H3;2-5H,1H3,(H,8,9,10);3-4H,1-2H3. The van der Waals surface area contributed by atoms with Crippen molar-refractivity contribution in [2.24, 2.45) is 0 Å². The molecule has 9 rings (SSSR count). The first-order valence-electron chi connectivity index (χ1n) is 24.0. The molecule has 4 heterocycles. The number of nitro benzene ring substituents is 2. The van der Waals surface area contributed by atoms with Gasteiger partial charge in [-0.25, -0.2) is 33.7 Å². The highest BCUT2D eigenvalue weighted by molar-refractivity contribution is 7.85. The number of anilines is 1. The Hall–Kier alpha value is -8.98. The number of ether oxygens (including phenoxy) is 2. The minimum Gasteiger partial charge on any atom is -0.496 e. The Morgan fingerprint density at radius 2 is 1.10 bits per heavy atom. The van der Waals surface area contributed by atoms with E-state index in [9.17, 15) is 47.0 Å². The third kappa shape index (κ3) is 15.2. The molecule has 0 amide bonds. The van der Waals surface area contributed by atoms with Crippen molar-refractivity contribution in [1.29, 1.82) is 0 Å². The number of fused-ring (bicyclic) bond motifs is 2. The monoisotopic (exact) mass is 1140 g/mol. The van der Waals surface area contributed by atoms with E-state index >= 15 is 0 Å². The summed E-state index contributed by atoms with van der Waals surface area (Å²) < 4.78 is 72.7. The van der Waals surface area contributed by atoms with Crippen LogP contribution in [0.15, 0.2) is 136 Å². The van der Waals surface area contributed by atoms with E-state index < -0.39 is 43.0 Å². The summed E-state index contributed by atoms with van der Waals surface area (Å²) in [5.41, 5.74) is 8.18. The zero-order valence-electron chi connectivity index (χ0n) is 44.6. The van der Waals surface area contributed by atoms with Crippen LogP contribution in [0.1, 0.15) is 70.6 Å². The molecule has 0 atom stereocenters. The zero-order chi connectivity index (χ0) is 59.3. The maximum Gasteiger partial charge on any atom is 0.335 e. The summed E-state index contributed by atoms with van der Waals surface area (Å²) in [6, 6.07) is 28.2. The molecule has 0 saturated carbocycles. The fraction of sp³-hybridized carbons (Fsp3) is 0.245. The van der Waals surface area contributed by atoms with Gasteiger partial charge >= 0.3 is 22.8 Å². The predicted octanol–water partition coefficient (Wildman–Crippen LogP) is 9.58. The summed E-state index contributed by atoms with van der Waals surface area (Å²) in [5, 5.41) is 29.6. The number of aliphatic hydroxyl groups excluding tert-OH is 1. The third-order valence-electron chi connectivity index (χ3n) is 11.1. The van der Waals surface area contributed by atoms with E-state index in [0.717, 1.165) is 46.4 Å². The molecule has 0 saturated heterocycles. The van der Waals surface area contributed by atoms with Crippen LogP contribution in [0.25, 0.3) is 33.7 Å². The number of methoxy groups -OCH3 is 2. The lowest BCUT2D eigenvalue weighted by atomic mass is 10.1. The van der Waals surface area contributed by atoms with Gasteiger partial charge in [-0.2, -0.15) is 22.2 Å². The van der Waals surface area contributed by atoms with Crippen molar-refractivity contribution < 1.29 is 46.2 Å². The van der Waals surface area contributed by atoms with Crippen molar-refractivity contribution in [2.45, 2.75) is 78.0 Å². The molecular weight excluding hydrogens is 1090 g/mol. The fourth-order valence-electron chi connectivity index (χ4n) is 7.64. The molecule has 0 aliphatic rings. The molecule has 0 bridgehead atoms. The van der Waals surface area contributed by atoms with Gasteiger partial charge in [0.1, 0.15) is 29.0 Å². The second-order valence-corrected chi connectivity index (χ2v) is 19.6. The number of para-hydroxylation sites is 4. The van der Waals surface area contributed by atoms with Gasteiger partial charge in [-0.15, -0.1) is 0 Å². The number of nitrogens with zero attached hydrogens (tertiary/aromatic N) is 10. The lowest BCUT2D eigenvalue weighted by molar-refractivity contribution is -0.387. The number of aryl methyl sites for hydroxylation is 1. The summed E-state index contributed by atoms with van der Waals surface area (Å²) >= 11 is 5.82. The highest BCUT2D eigenvalue weighted by Gasteiger charge is 2.22. The summed E-state index contributed by atoms with van der Waals surface area (Å²) in [7, 11) is -1.37. The number of benzene rings is 5. The van der Waals surface area contributed by atoms with Crippen molar-refractivity contribution in [3.8, 4) is 23.1 Å². The maximum absolute atomic E-state index is 14.0. The molecular formula is C53H56ClF2N11O12S. The van der Waals surface area contributed by atoms with Crippen molar-refractivity contribution >= 4 is 60.8 Å². The van der Waals surface area contributed by atoms with Crippen LogP contribution in [0.2, 0.25) is 5.28 Å². The number of nitrogen functional groups attached to an aromatic ring is 1. The summed E-state index contributed by atoms with van der Waals surface area (Å²) in [4.78, 5) is 62.3. The minimum absolute atomic E-state index is 0.0376. The predicted molar refractivity (Wildman–Crippen MR) is 297 cm³/mol. The van der Waals surface area contributed by atoms with Gasteiger partial charge in [0.2, 0.25) is 16.9 Å². The molecule has 0 unspecified atom stereocenters. The van der Waals surface area contributed by atoms with E-state index in [1.165, 1.54) is 37.1 Å². The Kier molecular flexibility index (Phi) is 20.9. The zero-order valence-corrected chi connectivity index (χ0v) is 46.1. The highest BCUT2D eigenvalue weighted by atomic mass is 35.5. The van der Waals surface area contributed by atoms with E-state index in [2.05, 4.69) is 24.7 Å². The maximum atomic E-state index is 14.0. The molecule has 5 aromatic carbocycles. The van der Waals surface area contributed by atoms with Crippen LogP contribution in [0, 0.1) is 38.8 Å². The number of nitrogens with two attached hydrogens (primary N) is 1. The Morgan fingerprint density at radius 1 is 0.675 bits per heavy atom.